The zero-order valence-electron chi connectivity index (χ0n) is 4.01. The molecule has 0 aromatic rings. The van der Waals surface area contributed by atoms with Crippen LogP contribution in [0.5, 0.6) is 0 Å². The first-order valence-electron chi connectivity index (χ1n) is 1.70. The van der Waals surface area contributed by atoms with Crippen LogP contribution in [0.4, 0.5) is 0 Å². The fourth-order valence-corrected chi connectivity index (χ4v) is 0.0568. The highest BCUT2D eigenvalue weighted by molar-refractivity contribution is 5.84. The van der Waals surface area contributed by atoms with Crippen LogP contribution in [0.25, 0.3) is 0 Å². The molecule has 1 amide bonds. The molecule has 0 saturated carbocycles. The fraction of sp³-hybridized carbons (Fsp3) is 0.333. The molecule has 0 bridgehead atoms. The van der Waals surface area contributed by atoms with E-state index in [0.717, 1.165) is 4.90 Å². The Morgan fingerprint density at radius 2 is 2.43 bits per heavy atom. The molecular weight excluding hydrogens is 94.1 g/mol. The molecule has 40 valence electrons. The summed E-state index contributed by atoms with van der Waals surface area (Å²) in [7, 11) is 1.41. The third-order valence-electron chi connectivity index (χ3n) is 0.538. The van der Waals surface area contributed by atoms with E-state index in [1.165, 1.54) is 7.05 Å². The molecule has 4 heteroatoms. The smallest absolute Gasteiger partial charge is 0.216 e. The van der Waals surface area contributed by atoms with Gasteiger partial charge in [0.2, 0.25) is 6.41 Å². The zero-order valence-corrected chi connectivity index (χ0v) is 4.01. The highest BCUT2D eigenvalue weighted by atomic mass is 16.1. The number of guanidine groups is 1. The summed E-state index contributed by atoms with van der Waals surface area (Å²) >= 11 is 0. The van der Waals surface area contributed by atoms with Crippen LogP contribution in [-0.4, -0.2) is 24.3 Å². The standard InChI is InChI=1S/C3H7N3O/c1-6(2-7)3(4)5/h2H,1H3,(H3,4,5). The average molecular weight is 101 g/mol. The van der Waals surface area contributed by atoms with Crippen molar-refractivity contribution in [2.45, 2.75) is 0 Å². The second-order valence-corrected chi connectivity index (χ2v) is 1.10. The second kappa shape index (κ2) is 2.17. The predicted octanol–water partition coefficient (Wildman–Crippen LogP) is -1.03. The Balaban J connectivity index is 3.55. The molecule has 0 fully saturated rings. The Morgan fingerprint density at radius 3 is 2.43 bits per heavy atom. The number of nitrogens with two attached hydrogens (primary N) is 1. The van der Waals surface area contributed by atoms with Gasteiger partial charge in [0, 0.05) is 7.05 Å². The predicted molar refractivity (Wildman–Crippen MR) is 25.7 cm³/mol. The third kappa shape index (κ3) is 1.75. The summed E-state index contributed by atoms with van der Waals surface area (Å²) in [4.78, 5) is 10.6. The zero-order chi connectivity index (χ0) is 5.86. The van der Waals surface area contributed by atoms with E-state index < -0.39 is 0 Å². The molecule has 0 rings (SSSR count). The lowest BCUT2D eigenvalue weighted by molar-refractivity contribution is -0.114. The maximum atomic E-state index is 9.65. The van der Waals surface area contributed by atoms with E-state index in [1.54, 1.807) is 0 Å². The van der Waals surface area contributed by atoms with Crippen LogP contribution in [0.2, 0.25) is 0 Å². The molecule has 7 heavy (non-hydrogen) atoms. The van der Waals surface area contributed by atoms with Crippen LogP contribution in [0.3, 0.4) is 0 Å². The molecule has 4 nitrogen and oxygen atoms in total. The molecule has 0 aromatic carbocycles. The van der Waals surface area contributed by atoms with E-state index in [-0.39, 0.29) is 5.96 Å². The minimum atomic E-state index is -0.241. The van der Waals surface area contributed by atoms with Gasteiger partial charge in [-0.2, -0.15) is 0 Å². The Bertz CT molecular complexity index is 90.2. The fourth-order valence-electron chi connectivity index (χ4n) is 0.0568. The monoisotopic (exact) mass is 101 g/mol. The maximum absolute atomic E-state index is 9.65. The molecule has 0 aliphatic heterocycles. The number of carbonyl (C=O) groups is 1. The van der Waals surface area contributed by atoms with Gasteiger partial charge in [0.15, 0.2) is 5.96 Å². The van der Waals surface area contributed by atoms with Crippen molar-refractivity contribution >= 4 is 12.4 Å². The summed E-state index contributed by atoms with van der Waals surface area (Å²) in [5, 5.41) is 6.57. The number of amides is 1. The summed E-state index contributed by atoms with van der Waals surface area (Å²) in [6, 6.07) is 0. The summed E-state index contributed by atoms with van der Waals surface area (Å²) < 4.78 is 0. The third-order valence-corrected chi connectivity index (χ3v) is 0.538. The van der Waals surface area contributed by atoms with E-state index in [0.29, 0.717) is 6.41 Å². The Kier molecular flexibility index (Phi) is 1.84. The Hall–Kier alpha value is -1.06. The van der Waals surface area contributed by atoms with Crippen molar-refractivity contribution in [2.75, 3.05) is 7.05 Å². The number of rotatable bonds is 1. The van der Waals surface area contributed by atoms with Crippen molar-refractivity contribution in [3.8, 4) is 0 Å². The van der Waals surface area contributed by atoms with Gasteiger partial charge in [0.1, 0.15) is 0 Å². The first kappa shape index (κ1) is 5.94. The van der Waals surface area contributed by atoms with Crippen LogP contribution >= 0.6 is 0 Å². The molecule has 0 saturated heterocycles. The molecule has 0 radical (unpaired) electrons. The van der Waals surface area contributed by atoms with Gasteiger partial charge < -0.3 is 5.73 Å². The number of nitrogens with one attached hydrogen (secondary N) is 1. The molecule has 0 atom stereocenters. The van der Waals surface area contributed by atoms with Crippen molar-refractivity contribution < 1.29 is 4.79 Å². The number of hydrogen-bond acceptors (Lipinski definition) is 2. The molecule has 0 aliphatic rings. The lowest BCUT2D eigenvalue weighted by Crippen LogP contribution is -2.31. The summed E-state index contributed by atoms with van der Waals surface area (Å²) in [6.45, 7) is 0. The van der Waals surface area contributed by atoms with E-state index in [1.807, 2.05) is 0 Å². The van der Waals surface area contributed by atoms with Crippen LogP contribution in [0.1, 0.15) is 0 Å². The highest BCUT2D eigenvalue weighted by Gasteiger charge is 1.90. The van der Waals surface area contributed by atoms with Gasteiger partial charge in [-0.05, 0) is 0 Å². The number of carbonyl (C=O) groups excluding carboxylic acids is 1. The van der Waals surface area contributed by atoms with Crippen molar-refractivity contribution in [2.24, 2.45) is 5.73 Å². The molecule has 3 N–H and O–H groups in total. The van der Waals surface area contributed by atoms with Crippen molar-refractivity contribution in [1.82, 2.24) is 4.90 Å². The van der Waals surface area contributed by atoms with Gasteiger partial charge in [0.05, 0.1) is 0 Å². The first-order valence-corrected chi connectivity index (χ1v) is 1.70. The van der Waals surface area contributed by atoms with E-state index in [9.17, 15) is 4.79 Å². The topological polar surface area (TPSA) is 70.2 Å². The molecule has 0 heterocycles. The average Bonchev–Trinajstić information content (AvgIpc) is 1.65. The Labute approximate surface area is 41.4 Å². The van der Waals surface area contributed by atoms with Crippen molar-refractivity contribution in [3.05, 3.63) is 0 Å². The van der Waals surface area contributed by atoms with Gasteiger partial charge in [-0.3, -0.25) is 15.1 Å². The van der Waals surface area contributed by atoms with Crippen LogP contribution in [-0.2, 0) is 4.79 Å². The lowest BCUT2D eigenvalue weighted by atomic mass is 10.8. The largest absolute Gasteiger partial charge is 0.370 e. The summed E-state index contributed by atoms with van der Waals surface area (Å²) in [6.07, 6.45) is 0.475. The van der Waals surface area contributed by atoms with E-state index >= 15 is 0 Å². The number of nitrogens with zero attached hydrogens (tertiary/aromatic N) is 1. The van der Waals surface area contributed by atoms with Crippen LogP contribution < -0.4 is 5.73 Å². The van der Waals surface area contributed by atoms with Gasteiger partial charge in [-0.1, -0.05) is 0 Å². The van der Waals surface area contributed by atoms with E-state index in [4.69, 9.17) is 11.1 Å². The molecule has 0 aromatic heterocycles. The van der Waals surface area contributed by atoms with Crippen molar-refractivity contribution in [1.29, 1.82) is 5.41 Å². The number of hydrogen-bond donors (Lipinski definition) is 2. The molecule has 0 aliphatic carbocycles. The second-order valence-electron chi connectivity index (χ2n) is 1.10. The summed E-state index contributed by atoms with van der Waals surface area (Å²) in [5.41, 5.74) is 4.82. The van der Waals surface area contributed by atoms with Crippen LogP contribution in [0, 0.1) is 5.41 Å². The van der Waals surface area contributed by atoms with Crippen molar-refractivity contribution in [3.63, 3.8) is 0 Å². The minimum Gasteiger partial charge on any atom is -0.370 e. The van der Waals surface area contributed by atoms with Gasteiger partial charge >= 0.3 is 0 Å². The molecule has 0 unspecified atom stereocenters. The Morgan fingerprint density at radius 1 is 2.00 bits per heavy atom. The normalized spacial score (nSPS) is 7.57. The van der Waals surface area contributed by atoms with Gasteiger partial charge in [-0.25, -0.2) is 0 Å². The maximum Gasteiger partial charge on any atom is 0.216 e. The molecular formula is C3H7N3O. The van der Waals surface area contributed by atoms with E-state index in [2.05, 4.69) is 0 Å². The van der Waals surface area contributed by atoms with Gasteiger partial charge in [0.25, 0.3) is 0 Å². The van der Waals surface area contributed by atoms with Crippen LogP contribution in [0.15, 0.2) is 0 Å². The summed E-state index contributed by atoms with van der Waals surface area (Å²) in [5.74, 6) is -0.241. The minimum absolute atomic E-state index is 0.241. The quantitative estimate of drug-likeness (QED) is 0.252. The van der Waals surface area contributed by atoms with Gasteiger partial charge in [-0.15, -0.1) is 0 Å². The molecule has 0 spiro atoms. The SMILES string of the molecule is CN(C=O)C(=N)N. The highest BCUT2D eigenvalue weighted by Crippen LogP contribution is 1.65. The lowest BCUT2D eigenvalue weighted by Gasteiger charge is -2.03. The first-order chi connectivity index (χ1) is 3.18.